The van der Waals surface area contributed by atoms with Gasteiger partial charge in [0.2, 0.25) is 0 Å². The molecule has 0 nitrogen and oxygen atoms in total. The maximum absolute atomic E-state index is 13.1. The Morgan fingerprint density at radius 3 is 1.00 bits per heavy atom. The van der Waals surface area contributed by atoms with Gasteiger partial charge in [0, 0.05) is 5.41 Å². The maximum atomic E-state index is 13.1. The third-order valence-electron chi connectivity index (χ3n) is 1.69. The standard InChI is InChI=1S/C8H15F3/c1-6(2,3)8(10,11)7(4,5)9/h1-5H3. The highest BCUT2D eigenvalue weighted by molar-refractivity contribution is 4.94. The molecule has 0 aromatic rings. The van der Waals surface area contributed by atoms with Crippen LogP contribution in [0.5, 0.6) is 0 Å². The molecular formula is C8H15F3. The largest absolute Gasteiger partial charge is 0.285 e. The Morgan fingerprint density at radius 2 is 1.00 bits per heavy atom. The van der Waals surface area contributed by atoms with Crippen molar-refractivity contribution in [3.05, 3.63) is 0 Å². The fourth-order valence-electron chi connectivity index (χ4n) is 0.892. The van der Waals surface area contributed by atoms with Crippen molar-refractivity contribution < 1.29 is 13.2 Å². The number of rotatable bonds is 1. The van der Waals surface area contributed by atoms with Gasteiger partial charge in [0.05, 0.1) is 0 Å². The van der Waals surface area contributed by atoms with Crippen LogP contribution in [-0.2, 0) is 0 Å². The molecule has 0 fully saturated rings. The predicted molar refractivity (Wildman–Crippen MR) is 39.6 cm³/mol. The molecule has 0 aliphatic heterocycles. The molecular weight excluding hydrogens is 153 g/mol. The van der Waals surface area contributed by atoms with Gasteiger partial charge in [-0.25, -0.2) is 13.2 Å². The molecule has 0 aliphatic rings. The van der Waals surface area contributed by atoms with Gasteiger partial charge in [-0.3, -0.25) is 0 Å². The van der Waals surface area contributed by atoms with Crippen LogP contribution < -0.4 is 0 Å². The molecule has 0 bridgehead atoms. The van der Waals surface area contributed by atoms with Crippen LogP contribution in [0.4, 0.5) is 13.2 Å². The zero-order chi connectivity index (χ0) is 9.50. The fourth-order valence-corrected chi connectivity index (χ4v) is 0.892. The van der Waals surface area contributed by atoms with Crippen LogP contribution in [0.15, 0.2) is 0 Å². The van der Waals surface area contributed by atoms with E-state index in [9.17, 15) is 13.2 Å². The van der Waals surface area contributed by atoms with Crippen molar-refractivity contribution in [2.45, 2.75) is 46.2 Å². The molecule has 0 heterocycles. The summed E-state index contributed by atoms with van der Waals surface area (Å²) < 4.78 is 39.0. The van der Waals surface area contributed by atoms with Gasteiger partial charge in [-0.15, -0.1) is 0 Å². The van der Waals surface area contributed by atoms with E-state index in [1.807, 2.05) is 0 Å². The summed E-state index contributed by atoms with van der Waals surface area (Å²) in [6.45, 7) is 5.79. The highest BCUT2D eigenvalue weighted by Crippen LogP contribution is 2.45. The topological polar surface area (TPSA) is 0 Å². The number of halogens is 3. The molecule has 0 N–H and O–H groups in total. The average Bonchev–Trinajstić information content (AvgIpc) is 1.58. The molecule has 0 rings (SSSR count). The number of hydrogen-bond donors (Lipinski definition) is 0. The fraction of sp³-hybridized carbons (Fsp3) is 1.00. The SMILES string of the molecule is CC(C)(C)C(F)(F)C(C)(C)F. The van der Waals surface area contributed by atoms with Crippen LogP contribution >= 0.6 is 0 Å². The summed E-state index contributed by atoms with van der Waals surface area (Å²) in [5.41, 5.74) is -3.78. The second-order valence-corrected chi connectivity index (χ2v) is 4.30. The van der Waals surface area contributed by atoms with Crippen LogP contribution in [0.1, 0.15) is 34.6 Å². The Hall–Kier alpha value is -0.210. The maximum Gasteiger partial charge on any atom is 0.285 e. The lowest BCUT2D eigenvalue weighted by Gasteiger charge is -2.37. The average molecular weight is 168 g/mol. The molecule has 0 aromatic heterocycles. The second-order valence-electron chi connectivity index (χ2n) is 4.30. The molecule has 0 unspecified atom stereocenters. The van der Waals surface area contributed by atoms with Gasteiger partial charge < -0.3 is 0 Å². The highest BCUT2D eigenvalue weighted by atomic mass is 19.3. The summed E-state index contributed by atoms with van der Waals surface area (Å²) >= 11 is 0. The van der Waals surface area contributed by atoms with E-state index >= 15 is 0 Å². The molecule has 0 saturated heterocycles. The molecule has 0 atom stereocenters. The van der Waals surface area contributed by atoms with Crippen molar-refractivity contribution in [3.8, 4) is 0 Å². The van der Waals surface area contributed by atoms with Crippen LogP contribution in [0.3, 0.4) is 0 Å². The summed E-state index contributed by atoms with van der Waals surface area (Å²) in [5.74, 6) is -3.29. The van der Waals surface area contributed by atoms with E-state index in [1.165, 1.54) is 20.8 Å². The van der Waals surface area contributed by atoms with Gasteiger partial charge in [0.25, 0.3) is 5.92 Å². The van der Waals surface area contributed by atoms with E-state index in [2.05, 4.69) is 0 Å². The minimum atomic E-state index is -3.29. The Balaban J connectivity index is 4.75. The lowest BCUT2D eigenvalue weighted by Crippen LogP contribution is -2.48. The lowest BCUT2D eigenvalue weighted by atomic mass is 9.80. The molecule has 0 saturated carbocycles. The van der Waals surface area contributed by atoms with Gasteiger partial charge in [-0.1, -0.05) is 20.8 Å². The first-order valence-corrected chi connectivity index (χ1v) is 3.57. The van der Waals surface area contributed by atoms with Gasteiger partial charge in [-0.2, -0.15) is 0 Å². The van der Waals surface area contributed by atoms with Crippen molar-refractivity contribution in [2.75, 3.05) is 0 Å². The van der Waals surface area contributed by atoms with Crippen LogP contribution in [0.2, 0.25) is 0 Å². The Bertz CT molecular complexity index is 120. The van der Waals surface area contributed by atoms with Crippen molar-refractivity contribution in [2.24, 2.45) is 5.41 Å². The van der Waals surface area contributed by atoms with Crippen molar-refractivity contribution in [1.82, 2.24) is 0 Å². The number of alkyl halides is 3. The summed E-state index contributed by atoms with van der Waals surface area (Å²) in [6.07, 6.45) is 0. The van der Waals surface area contributed by atoms with E-state index in [1.54, 1.807) is 0 Å². The summed E-state index contributed by atoms with van der Waals surface area (Å²) in [4.78, 5) is 0. The highest BCUT2D eigenvalue weighted by Gasteiger charge is 2.55. The quantitative estimate of drug-likeness (QED) is 0.562. The van der Waals surface area contributed by atoms with E-state index < -0.39 is 17.0 Å². The smallest absolute Gasteiger partial charge is 0.238 e. The minimum Gasteiger partial charge on any atom is -0.238 e. The Kier molecular flexibility index (Phi) is 2.34. The van der Waals surface area contributed by atoms with E-state index in [0.29, 0.717) is 0 Å². The molecule has 68 valence electrons. The van der Waals surface area contributed by atoms with E-state index in [0.717, 1.165) is 13.8 Å². The molecule has 0 aliphatic carbocycles. The van der Waals surface area contributed by atoms with E-state index in [4.69, 9.17) is 0 Å². The Labute approximate surface area is 65.8 Å². The molecule has 0 spiro atoms. The second kappa shape index (κ2) is 2.39. The zero-order valence-corrected chi connectivity index (χ0v) is 7.63. The Morgan fingerprint density at radius 1 is 0.727 bits per heavy atom. The van der Waals surface area contributed by atoms with Crippen LogP contribution in [0, 0.1) is 5.41 Å². The van der Waals surface area contributed by atoms with Crippen LogP contribution in [-0.4, -0.2) is 11.6 Å². The predicted octanol–water partition coefficient (Wildman–Crippen LogP) is 3.42. The molecule has 0 radical (unpaired) electrons. The van der Waals surface area contributed by atoms with Gasteiger partial charge >= 0.3 is 0 Å². The first-order chi connectivity index (χ1) is 4.50. The van der Waals surface area contributed by atoms with Crippen molar-refractivity contribution >= 4 is 0 Å². The summed E-state index contributed by atoms with van der Waals surface area (Å²) in [7, 11) is 0. The first kappa shape index (κ1) is 10.8. The van der Waals surface area contributed by atoms with Gasteiger partial charge in [0.1, 0.15) is 0 Å². The third-order valence-corrected chi connectivity index (χ3v) is 1.69. The monoisotopic (exact) mass is 168 g/mol. The normalized spacial score (nSPS) is 15.3. The summed E-state index contributed by atoms with van der Waals surface area (Å²) in [6, 6.07) is 0. The summed E-state index contributed by atoms with van der Waals surface area (Å²) in [5, 5.41) is 0. The van der Waals surface area contributed by atoms with Gasteiger partial charge in [0.15, 0.2) is 5.67 Å². The molecule has 0 aromatic carbocycles. The molecule has 3 heteroatoms. The van der Waals surface area contributed by atoms with Gasteiger partial charge in [-0.05, 0) is 13.8 Å². The van der Waals surface area contributed by atoms with Crippen molar-refractivity contribution in [3.63, 3.8) is 0 Å². The first-order valence-electron chi connectivity index (χ1n) is 3.57. The number of hydrogen-bond acceptors (Lipinski definition) is 0. The lowest BCUT2D eigenvalue weighted by molar-refractivity contribution is -0.187. The van der Waals surface area contributed by atoms with E-state index in [-0.39, 0.29) is 0 Å². The molecule has 0 amide bonds. The molecule has 11 heavy (non-hydrogen) atoms. The van der Waals surface area contributed by atoms with Crippen LogP contribution in [0.25, 0.3) is 0 Å². The minimum absolute atomic E-state index is 0.901. The zero-order valence-electron chi connectivity index (χ0n) is 7.63. The third kappa shape index (κ3) is 1.88. The van der Waals surface area contributed by atoms with Crippen molar-refractivity contribution in [1.29, 1.82) is 0 Å².